The zero-order chi connectivity index (χ0) is 20.1. The Hall–Kier alpha value is -3.21. The second-order valence-electron chi connectivity index (χ2n) is 7.46. The van der Waals surface area contributed by atoms with Crippen LogP contribution < -0.4 is 10.2 Å². The average Bonchev–Trinajstić information content (AvgIpc) is 2.79. The fourth-order valence-electron chi connectivity index (χ4n) is 3.74. The predicted octanol–water partition coefficient (Wildman–Crippen LogP) is 4.37. The second-order valence-corrected chi connectivity index (χ2v) is 7.46. The number of nitrogens with one attached hydrogen (secondary N) is 1. The van der Waals surface area contributed by atoms with Crippen molar-refractivity contribution < 1.29 is 4.79 Å². The molecule has 1 aromatic heterocycles. The molecule has 4 rings (SSSR count). The van der Waals surface area contributed by atoms with Crippen LogP contribution in [0.1, 0.15) is 40.7 Å². The Bertz CT molecular complexity index is 978. The molecule has 0 spiro atoms. The van der Waals surface area contributed by atoms with Gasteiger partial charge in [0.1, 0.15) is 5.69 Å². The summed E-state index contributed by atoms with van der Waals surface area (Å²) in [4.78, 5) is 24.0. The molecule has 1 saturated heterocycles. The zero-order valence-corrected chi connectivity index (χ0v) is 16.8. The van der Waals surface area contributed by atoms with Gasteiger partial charge in [-0.1, -0.05) is 36.4 Å². The molecule has 0 atom stereocenters. The minimum atomic E-state index is -0.0739. The summed E-state index contributed by atoms with van der Waals surface area (Å²) in [5.74, 6) is 0.860. The minimum absolute atomic E-state index is 0.0739. The second kappa shape index (κ2) is 8.86. The van der Waals surface area contributed by atoms with Crippen LogP contribution in [-0.4, -0.2) is 29.0 Å². The summed E-state index contributed by atoms with van der Waals surface area (Å²) in [6.07, 6.45) is 7.14. The van der Waals surface area contributed by atoms with E-state index in [1.165, 1.54) is 24.8 Å². The maximum absolute atomic E-state index is 12.5. The lowest BCUT2D eigenvalue weighted by molar-refractivity contribution is 0.0951. The highest BCUT2D eigenvalue weighted by Crippen LogP contribution is 2.28. The lowest BCUT2D eigenvalue weighted by atomic mass is 10.1. The van der Waals surface area contributed by atoms with E-state index in [0.29, 0.717) is 12.1 Å². The van der Waals surface area contributed by atoms with E-state index < -0.39 is 0 Å². The fraction of sp³-hybridized carbons (Fsp3) is 0.292. The highest BCUT2D eigenvalue weighted by Gasteiger charge is 2.18. The van der Waals surface area contributed by atoms with Crippen molar-refractivity contribution >= 4 is 11.7 Å². The Kier molecular flexibility index (Phi) is 5.84. The molecule has 0 radical (unpaired) electrons. The number of carbonyl (C=O) groups excluding carboxylic acids is 1. The summed E-state index contributed by atoms with van der Waals surface area (Å²) < 4.78 is 0. The summed E-state index contributed by atoms with van der Waals surface area (Å²) in [5, 5.41) is 3.00. The Morgan fingerprint density at radius 3 is 2.45 bits per heavy atom. The van der Waals surface area contributed by atoms with Crippen molar-refractivity contribution in [3.63, 3.8) is 0 Å². The van der Waals surface area contributed by atoms with Gasteiger partial charge in [0.15, 0.2) is 5.82 Å². The molecule has 148 valence electrons. The van der Waals surface area contributed by atoms with Crippen LogP contribution >= 0.6 is 0 Å². The van der Waals surface area contributed by atoms with E-state index in [-0.39, 0.29) is 5.91 Å². The molecule has 0 saturated carbocycles. The number of hydrogen-bond acceptors (Lipinski definition) is 4. The summed E-state index contributed by atoms with van der Waals surface area (Å²) in [7, 11) is 0. The highest BCUT2D eigenvalue weighted by molar-refractivity contribution is 5.94. The third-order valence-corrected chi connectivity index (χ3v) is 5.46. The number of anilines is 1. The number of aryl methyl sites for hydroxylation is 1. The van der Waals surface area contributed by atoms with Crippen molar-refractivity contribution in [1.82, 2.24) is 15.3 Å². The Morgan fingerprint density at radius 2 is 1.69 bits per heavy atom. The van der Waals surface area contributed by atoms with Gasteiger partial charge in [0.25, 0.3) is 5.91 Å². The number of piperidine rings is 1. The lowest BCUT2D eigenvalue weighted by Crippen LogP contribution is -2.30. The number of amides is 1. The van der Waals surface area contributed by atoms with Crippen molar-refractivity contribution in [2.75, 3.05) is 18.0 Å². The average molecular weight is 386 g/mol. The molecule has 1 aliphatic rings. The Labute approximate surface area is 171 Å². The van der Waals surface area contributed by atoms with Crippen LogP contribution in [0.25, 0.3) is 11.3 Å². The number of nitrogens with zero attached hydrogens (tertiary/aromatic N) is 3. The molecule has 5 nitrogen and oxygen atoms in total. The molecule has 0 bridgehead atoms. The van der Waals surface area contributed by atoms with E-state index in [0.717, 1.165) is 35.7 Å². The van der Waals surface area contributed by atoms with Gasteiger partial charge >= 0.3 is 0 Å². The van der Waals surface area contributed by atoms with Crippen LogP contribution in [0.5, 0.6) is 0 Å². The van der Waals surface area contributed by atoms with E-state index in [2.05, 4.69) is 33.2 Å². The molecule has 1 amide bonds. The van der Waals surface area contributed by atoms with Crippen molar-refractivity contribution in [3.05, 3.63) is 77.6 Å². The van der Waals surface area contributed by atoms with E-state index in [9.17, 15) is 4.79 Å². The molecule has 0 aliphatic carbocycles. The molecular weight excluding hydrogens is 360 g/mol. The molecule has 29 heavy (non-hydrogen) atoms. The molecule has 1 aliphatic heterocycles. The zero-order valence-electron chi connectivity index (χ0n) is 16.8. The molecule has 1 fully saturated rings. The molecule has 3 aromatic rings. The van der Waals surface area contributed by atoms with Gasteiger partial charge in [-0.15, -0.1) is 0 Å². The normalized spacial score (nSPS) is 13.9. The number of hydrogen-bond donors (Lipinski definition) is 1. The molecule has 5 heteroatoms. The summed E-state index contributed by atoms with van der Waals surface area (Å²) in [6.45, 7) is 4.61. The first-order valence-corrected chi connectivity index (χ1v) is 10.2. The van der Waals surface area contributed by atoms with E-state index in [1.54, 1.807) is 12.4 Å². The number of aromatic nitrogens is 2. The van der Waals surface area contributed by atoms with Crippen molar-refractivity contribution in [2.24, 2.45) is 0 Å². The first kappa shape index (κ1) is 19.1. The van der Waals surface area contributed by atoms with Crippen LogP contribution in [0, 0.1) is 6.92 Å². The van der Waals surface area contributed by atoms with E-state index in [4.69, 9.17) is 0 Å². The first-order chi connectivity index (χ1) is 14.2. The van der Waals surface area contributed by atoms with E-state index in [1.807, 2.05) is 42.5 Å². The van der Waals surface area contributed by atoms with Gasteiger partial charge in [-0.3, -0.25) is 9.78 Å². The Balaban J connectivity index is 1.48. The first-order valence-electron chi connectivity index (χ1n) is 10.2. The maximum atomic E-state index is 12.5. The van der Waals surface area contributed by atoms with Crippen LogP contribution in [-0.2, 0) is 6.54 Å². The summed E-state index contributed by atoms with van der Waals surface area (Å²) in [6, 6.07) is 15.7. The largest absolute Gasteiger partial charge is 0.355 e. The molecule has 0 unspecified atom stereocenters. The molecular formula is C24H26N4O. The van der Waals surface area contributed by atoms with Crippen LogP contribution in [0.3, 0.4) is 0 Å². The third kappa shape index (κ3) is 4.45. The van der Waals surface area contributed by atoms with Gasteiger partial charge < -0.3 is 10.2 Å². The fourth-order valence-corrected chi connectivity index (χ4v) is 3.74. The quantitative estimate of drug-likeness (QED) is 0.707. The van der Waals surface area contributed by atoms with Crippen molar-refractivity contribution in [2.45, 2.75) is 32.7 Å². The van der Waals surface area contributed by atoms with Crippen LogP contribution in [0.15, 0.2) is 60.9 Å². The molecule has 2 aromatic carbocycles. The minimum Gasteiger partial charge on any atom is -0.355 e. The van der Waals surface area contributed by atoms with Gasteiger partial charge in [0.05, 0.1) is 0 Å². The smallest absolute Gasteiger partial charge is 0.251 e. The van der Waals surface area contributed by atoms with Gasteiger partial charge in [-0.2, -0.15) is 0 Å². The topological polar surface area (TPSA) is 58.1 Å². The van der Waals surface area contributed by atoms with Crippen LogP contribution in [0.4, 0.5) is 5.82 Å². The van der Waals surface area contributed by atoms with Gasteiger partial charge in [-0.05, 0) is 49.4 Å². The van der Waals surface area contributed by atoms with Gasteiger partial charge in [-0.25, -0.2) is 4.98 Å². The van der Waals surface area contributed by atoms with Crippen molar-refractivity contribution in [1.29, 1.82) is 0 Å². The van der Waals surface area contributed by atoms with Crippen molar-refractivity contribution in [3.8, 4) is 11.3 Å². The number of rotatable bonds is 5. The standard InChI is InChI=1S/C24H26N4O/c1-18-7-3-4-8-21(18)17-27-24(29)20-11-9-19(10-12-20)22-23(26-14-13-25-22)28-15-5-2-6-16-28/h3-4,7-14H,2,5-6,15-17H2,1H3,(H,27,29). The lowest BCUT2D eigenvalue weighted by Gasteiger charge is -2.28. The maximum Gasteiger partial charge on any atom is 0.251 e. The SMILES string of the molecule is Cc1ccccc1CNC(=O)c1ccc(-c2nccnc2N2CCCCC2)cc1. The number of benzene rings is 2. The predicted molar refractivity (Wildman–Crippen MR) is 116 cm³/mol. The third-order valence-electron chi connectivity index (χ3n) is 5.46. The number of carbonyl (C=O) groups is 1. The Morgan fingerprint density at radius 1 is 0.966 bits per heavy atom. The molecule has 2 heterocycles. The summed E-state index contributed by atoms with van der Waals surface area (Å²) >= 11 is 0. The highest BCUT2D eigenvalue weighted by atomic mass is 16.1. The summed E-state index contributed by atoms with van der Waals surface area (Å²) in [5.41, 5.74) is 4.81. The van der Waals surface area contributed by atoms with Gasteiger partial charge in [0, 0.05) is 43.2 Å². The molecule has 1 N–H and O–H groups in total. The van der Waals surface area contributed by atoms with Crippen LogP contribution in [0.2, 0.25) is 0 Å². The van der Waals surface area contributed by atoms with E-state index >= 15 is 0 Å². The monoisotopic (exact) mass is 386 g/mol. The van der Waals surface area contributed by atoms with Gasteiger partial charge in [0.2, 0.25) is 0 Å².